The van der Waals surface area contributed by atoms with Crippen LogP contribution >= 0.6 is 11.3 Å². The first kappa shape index (κ1) is 24.1. The minimum absolute atomic E-state index is 0.0727. The van der Waals surface area contributed by atoms with Gasteiger partial charge in [-0.15, -0.1) is 11.3 Å². The summed E-state index contributed by atoms with van der Waals surface area (Å²) in [7, 11) is 1.58. The SMILES string of the molecule is COc1ccc(CNC(=O)C(c2ccccc2F)N(C(=O)Cc2cccs2)c2cccnc2)cc1. The number of carbonyl (C=O) groups excluding carboxylic acids is 2. The van der Waals surface area contributed by atoms with Crippen LogP contribution < -0.4 is 15.0 Å². The summed E-state index contributed by atoms with van der Waals surface area (Å²) in [5.74, 6) is -0.719. The molecule has 6 nitrogen and oxygen atoms in total. The number of carbonyl (C=O) groups is 2. The summed E-state index contributed by atoms with van der Waals surface area (Å²) in [6.07, 6.45) is 3.15. The second-order valence-corrected chi connectivity index (χ2v) is 8.75. The number of benzene rings is 2. The molecule has 0 radical (unpaired) electrons. The lowest BCUT2D eigenvalue weighted by molar-refractivity contribution is -0.126. The highest BCUT2D eigenvalue weighted by Crippen LogP contribution is 2.30. The maximum absolute atomic E-state index is 15.0. The van der Waals surface area contributed by atoms with E-state index in [1.807, 2.05) is 29.6 Å². The molecule has 0 fully saturated rings. The number of hydrogen-bond acceptors (Lipinski definition) is 5. The molecule has 1 N–H and O–H groups in total. The van der Waals surface area contributed by atoms with E-state index < -0.39 is 17.8 Å². The fourth-order valence-corrected chi connectivity index (χ4v) is 4.40. The van der Waals surface area contributed by atoms with E-state index in [1.54, 1.807) is 49.7 Å². The molecule has 0 saturated heterocycles. The molecule has 1 unspecified atom stereocenters. The van der Waals surface area contributed by atoms with Gasteiger partial charge in [-0.3, -0.25) is 19.5 Å². The van der Waals surface area contributed by atoms with Crippen molar-refractivity contribution in [3.63, 3.8) is 0 Å². The van der Waals surface area contributed by atoms with Crippen LogP contribution in [0.15, 0.2) is 90.6 Å². The molecule has 2 amide bonds. The van der Waals surface area contributed by atoms with Crippen LogP contribution in [-0.2, 0) is 22.6 Å². The van der Waals surface area contributed by atoms with Crippen LogP contribution in [0.2, 0.25) is 0 Å². The Kier molecular flexibility index (Phi) is 7.84. The first-order valence-corrected chi connectivity index (χ1v) is 11.8. The highest BCUT2D eigenvalue weighted by atomic mass is 32.1. The molecule has 4 aromatic rings. The summed E-state index contributed by atoms with van der Waals surface area (Å²) >= 11 is 1.45. The second kappa shape index (κ2) is 11.4. The van der Waals surface area contributed by atoms with Crippen molar-refractivity contribution in [2.24, 2.45) is 0 Å². The Morgan fingerprint density at radius 1 is 1.06 bits per heavy atom. The third-order valence-electron chi connectivity index (χ3n) is 5.43. The second-order valence-electron chi connectivity index (χ2n) is 7.72. The van der Waals surface area contributed by atoms with Gasteiger partial charge in [0, 0.05) is 23.2 Å². The van der Waals surface area contributed by atoms with E-state index in [4.69, 9.17) is 4.74 Å². The maximum Gasteiger partial charge on any atom is 0.248 e. The lowest BCUT2D eigenvalue weighted by Gasteiger charge is -2.31. The quantitative estimate of drug-likeness (QED) is 0.362. The Bertz CT molecular complexity index is 1260. The first-order chi connectivity index (χ1) is 17.1. The van der Waals surface area contributed by atoms with Gasteiger partial charge in [0.1, 0.15) is 17.6 Å². The normalized spacial score (nSPS) is 11.5. The third kappa shape index (κ3) is 5.91. The van der Waals surface area contributed by atoms with Gasteiger partial charge in [-0.25, -0.2) is 4.39 Å². The number of nitrogens with one attached hydrogen (secondary N) is 1. The zero-order chi connectivity index (χ0) is 24.6. The van der Waals surface area contributed by atoms with Crippen molar-refractivity contribution >= 4 is 28.8 Å². The molecule has 0 saturated carbocycles. The zero-order valence-electron chi connectivity index (χ0n) is 19.1. The molecule has 2 aromatic heterocycles. The third-order valence-corrected chi connectivity index (χ3v) is 6.31. The summed E-state index contributed by atoms with van der Waals surface area (Å²) in [5.41, 5.74) is 1.34. The fourth-order valence-electron chi connectivity index (χ4n) is 3.70. The molecule has 0 spiro atoms. The number of halogens is 1. The van der Waals surface area contributed by atoms with E-state index in [0.717, 1.165) is 10.4 Å². The molecule has 1 atom stereocenters. The van der Waals surface area contributed by atoms with E-state index in [1.165, 1.54) is 34.6 Å². The Hall–Kier alpha value is -4.04. The maximum atomic E-state index is 15.0. The fraction of sp³-hybridized carbons (Fsp3) is 0.148. The Labute approximate surface area is 207 Å². The van der Waals surface area contributed by atoms with E-state index in [-0.39, 0.29) is 24.4 Å². The molecule has 0 bridgehead atoms. The van der Waals surface area contributed by atoms with E-state index in [0.29, 0.717) is 11.4 Å². The molecule has 0 aliphatic carbocycles. The molecule has 35 heavy (non-hydrogen) atoms. The summed E-state index contributed by atoms with van der Waals surface area (Å²) in [6.45, 7) is 0.202. The molecule has 0 aliphatic rings. The number of methoxy groups -OCH3 is 1. The summed E-state index contributed by atoms with van der Waals surface area (Å²) in [6, 6.07) is 19.1. The number of aromatic nitrogens is 1. The molecule has 8 heteroatoms. The van der Waals surface area contributed by atoms with Crippen molar-refractivity contribution in [2.75, 3.05) is 12.0 Å². The van der Waals surface area contributed by atoms with Gasteiger partial charge in [-0.2, -0.15) is 0 Å². The van der Waals surface area contributed by atoms with Gasteiger partial charge in [0.15, 0.2) is 0 Å². The molecule has 4 rings (SSSR count). The van der Waals surface area contributed by atoms with Crippen LogP contribution in [-0.4, -0.2) is 23.9 Å². The van der Waals surface area contributed by atoms with Crippen LogP contribution in [0.4, 0.5) is 10.1 Å². The average Bonchev–Trinajstić information content (AvgIpc) is 3.40. The number of amides is 2. The number of nitrogens with zero attached hydrogens (tertiary/aromatic N) is 2. The smallest absolute Gasteiger partial charge is 0.248 e. The van der Waals surface area contributed by atoms with Crippen molar-refractivity contribution in [1.29, 1.82) is 0 Å². The van der Waals surface area contributed by atoms with Gasteiger partial charge in [-0.1, -0.05) is 36.4 Å². The molecule has 2 heterocycles. The lowest BCUT2D eigenvalue weighted by Crippen LogP contribution is -2.44. The predicted molar refractivity (Wildman–Crippen MR) is 134 cm³/mol. The monoisotopic (exact) mass is 489 g/mol. The van der Waals surface area contributed by atoms with E-state index in [9.17, 15) is 9.59 Å². The molecule has 0 aliphatic heterocycles. The van der Waals surface area contributed by atoms with Crippen LogP contribution in [0, 0.1) is 5.82 Å². The minimum atomic E-state index is -1.23. The van der Waals surface area contributed by atoms with Gasteiger partial charge in [0.05, 0.1) is 25.4 Å². The average molecular weight is 490 g/mol. The lowest BCUT2D eigenvalue weighted by atomic mass is 10.0. The number of hydrogen-bond donors (Lipinski definition) is 1. The van der Waals surface area contributed by atoms with Crippen LogP contribution in [0.5, 0.6) is 5.75 Å². The molecular formula is C27H24FN3O3S. The van der Waals surface area contributed by atoms with Gasteiger partial charge in [-0.05, 0) is 47.3 Å². The molecule has 2 aromatic carbocycles. The number of anilines is 1. The van der Waals surface area contributed by atoms with Crippen LogP contribution in [0.1, 0.15) is 22.0 Å². The van der Waals surface area contributed by atoms with E-state index in [2.05, 4.69) is 10.3 Å². The van der Waals surface area contributed by atoms with Gasteiger partial charge in [0.25, 0.3) is 0 Å². The highest BCUT2D eigenvalue weighted by molar-refractivity contribution is 7.10. The largest absolute Gasteiger partial charge is 0.497 e. The summed E-state index contributed by atoms with van der Waals surface area (Å²) in [5, 5.41) is 4.75. The van der Waals surface area contributed by atoms with Crippen molar-refractivity contribution in [3.05, 3.63) is 112 Å². The highest BCUT2D eigenvalue weighted by Gasteiger charge is 2.34. The van der Waals surface area contributed by atoms with Crippen molar-refractivity contribution in [1.82, 2.24) is 10.3 Å². The molecule has 178 valence electrons. The minimum Gasteiger partial charge on any atom is -0.497 e. The number of ether oxygens (including phenoxy) is 1. The van der Waals surface area contributed by atoms with Crippen molar-refractivity contribution in [3.8, 4) is 5.75 Å². The van der Waals surface area contributed by atoms with Crippen LogP contribution in [0.25, 0.3) is 0 Å². The summed E-state index contributed by atoms with van der Waals surface area (Å²) in [4.78, 5) is 33.5. The Morgan fingerprint density at radius 3 is 2.51 bits per heavy atom. The molecular weight excluding hydrogens is 465 g/mol. The van der Waals surface area contributed by atoms with Crippen molar-refractivity contribution < 1.29 is 18.7 Å². The van der Waals surface area contributed by atoms with Gasteiger partial charge in [0.2, 0.25) is 11.8 Å². The number of rotatable bonds is 9. The van der Waals surface area contributed by atoms with E-state index >= 15 is 4.39 Å². The number of pyridine rings is 1. The van der Waals surface area contributed by atoms with Crippen molar-refractivity contribution in [2.45, 2.75) is 19.0 Å². The predicted octanol–water partition coefficient (Wildman–Crippen LogP) is 4.92. The zero-order valence-corrected chi connectivity index (χ0v) is 19.9. The number of thiophene rings is 1. The Balaban J connectivity index is 1.69. The standard InChI is InChI=1S/C27H24FN3O3S/c1-34-21-12-10-19(11-13-21)17-30-27(33)26(23-8-2-3-9-24(23)28)31(20-6-4-14-29-18-20)25(32)16-22-7-5-15-35-22/h2-15,18,26H,16-17H2,1H3,(H,30,33). The topological polar surface area (TPSA) is 71.5 Å². The first-order valence-electron chi connectivity index (χ1n) is 11.0. The van der Waals surface area contributed by atoms with Gasteiger partial charge < -0.3 is 10.1 Å². The van der Waals surface area contributed by atoms with Crippen LogP contribution in [0.3, 0.4) is 0 Å². The van der Waals surface area contributed by atoms with Gasteiger partial charge >= 0.3 is 0 Å². The Morgan fingerprint density at radius 2 is 1.86 bits per heavy atom. The summed E-state index contributed by atoms with van der Waals surface area (Å²) < 4.78 is 20.2.